The summed E-state index contributed by atoms with van der Waals surface area (Å²) in [5, 5.41) is 2.09. The van der Waals surface area contributed by atoms with Crippen molar-refractivity contribution in [2.45, 2.75) is 0 Å². The van der Waals surface area contributed by atoms with Crippen molar-refractivity contribution in [3.63, 3.8) is 0 Å². The van der Waals surface area contributed by atoms with E-state index in [1.807, 2.05) is 18.2 Å². The first-order valence-electron chi connectivity index (χ1n) is 7.79. The maximum atomic E-state index is 5.85. The van der Waals surface area contributed by atoms with Crippen molar-refractivity contribution in [3.05, 3.63) is 86.3 Å². The van der Waals surface area contributed by atoms with Gasteiger partial charge >= 0.3 is 0 Å². The highest BCUT2D eigenvalue weighted by molar-refractivity contribution is 7.14. The molecule has 0 bridgehead atoms. The molecule has 4 rings (SSSR count). The number of hydrogen-bond acceptors (Lipinski definition) is 3. The van der Waals surface area contributed by atoms with Crippen LogP contribution < -0.4 is 4.74 Å². The van der Waals surface area contributed by atoms with Crippen LogP contribution in [0.3, 0.4) is 0 Å². The molecule has 0 atom stereocenters. The molecule has 1 aromatic carbocycles. The van der Waals surface area contributed by atoms with E-state index in [9.17, 15) is 0 Å². The van der Waals surface area contributed by atoms with Gasteiger partial charge in [-0.3, -0.25) is 0 Å². The van der Waals surface area contributed by atoms with E-state index in [2.05, 4.69) is 66.1 Å². The van der Waals surface area contributed by atoms with Gasteiger partial charge in [-0.15, -0.1) is 22.7 Å². The second-order valence-electron chi connectivity index (χ2n) is 5.43. The van der Waals surface area contributed by atoms with Gasteiger partial charge < -0.3 is 4.74 Å². The average molecular weight is 348 g/mol. The summed E-state index contributed by atoms with van der Waals surface area (Å²) in [7, 11) is 0. The smallest absolute Gasteiger partial charge is 0.127 e. The Hall–Kier alpha value is -2.36. The summed E-state index contributed by atoms with van der Waals surface area (Å²) in [5.41, 5.74) is 2.40. The van der Waals surface area contributed by atoms with Gasteiger partial charge in [-0.1, -0.05) is 36.4 Å². The minimum atomic E-state index is 0.638. The molecule has 0 N–H and O–H groups in total. The van der Waals surface area contributed by atoms with E-state index in [0.29, 0.717) is 6.61 Å². The Balaban J connectivity index is 1.48. The first kappa shape index (κ1) is 15.2. The van der Waals surface area contributed by atoms with Crippen molar-refractivity contribution in [1.82, 2.24) is 0 Å². The van der Waals surface area contributed by atoms with Gasteiger partial charge in [-0.05, 0) is 47.9 Å². The third-order valence-corrected chi connectivity index (χ3v) is 5.71. The molecule has 1 aliphatic heterocycles. The lowest BCUT2D eigenvalue weighted by atomic mass is 10.1. The summed E-state index contributed by atoms with van der Waals surface area (Å²) in [6.07, 6.45) is 10.7. The van der Waals surface area contributed by atoms with Crippen LogP contribution in [0.2, 0.25) is 0 Å². The summed E-state index contributed by atoms with van der Waals surface area (Å²) < 4.78 is 5.85. The standard InChI is InChI=1S/C21H16OS2/c1-4-10-20-16(6-1)14-17(15-22-20)21-12-11-19(24-21)8-3-2-7-18-9-5-13-23-18/h1-14H,15H2/b7-2+,8-3+. The van der Waals surface area contributed by atoms with Gasteiger partial charge in [0.15, 0.2) is 0 Å². The van der Waals surface area contributed by atoms with Crippen LogP contribution in [0.15, 0.2) is 66.1 Å². The van der Waals surface area contributed by atoms with E-state index in [4.69, 9.17) is 4.74 Å². The highest BCUT2D eigenvalue weighted by Gasteiger charge is 2.13. The van der Waals surface area contributed by atoms with Crippen molar-refractivity contribution in [2.24, 2.45) is 0 Å². The molecule has 1 nitrogen and oxygen atoms in total. The van der Waals surface area contributed by atoms with Crippen molar-refractivity contribution in [3.8, 4) is 5.75 Å². The fraction of sp³-hybridized carbons (Fsp3) is 0.0476. The number of benzene rings is 1. The van der Waals surface area contributed by atoms with Crippen LogP contribution in [0.25, 0.3) is 23.8 Å². The summed E-state index contributed by atoms with van der Waals surface area (Å²) in [6, 6.07) is 16.7. The van der Waals surface area contributed by atoms with E-state index in [1.165, 1.54) is 20.2 Å². The molecule has 3 aromatic rings. The Labute approximate surface area is 149 Å². The largest absolute Gasteiger partial charge is 0.488 e. The molecule has 0 radical (unpaired) electrons. The molecular weight excluding hydrogens is 332 g/mol. The molecule has 1 aliphatic rings. The molecule has 0 aliphatic carbocycles. The molecule has 3 heterocycles. The summed E-state index contributed by atoms with van der Waals surface area (Å²) >= 11 is 3.54. The van der Waals surface area contributed by atoms with Crippen LogP contribution >= 0.6 is 22.7 Å². The maximum absolute atomic E-state index is 5.85. The van der Waals surface area contributed by atoms with E-state index >= 15 is 0 Å². The SMILES string of the molecule is C1=C(c2ccc(/C=C/C=C/c3cccs3)s2)COc2ccccc21. The Morgan fingerprint density at radius 2 is 1.75 bits per heavy atom. The van der Waals surface area contributed by atoms with Crippen LogP contribution in [0.4, 0.5) is 0 Å². The third kappa shape index (κ3) is 3.42. The lowest BCUT2D eigenvalue weighted by Gasteiger charge is -2.16. The molecule has 0 amide bonds. The van der Waals surface area contributed by atoms with E-state index < -0.39 is 0 Å². The second kappa shape index (κ2) is 7.04. The van der Waals surface area contributed by atoms with Crippen molar-refractivity contribution >= 4 is 46.5 Å². The molecule has 24 heavy (non-hydrogen) atoms. The number of fused-ring (bicyclic) bond motifs is 1. The molecule has 0 unspecified atom stereocenters. The zero-order chi connectivity index (χ0) is 16.2. The number of ether oxygens (including phenoxy) is 1. The number of rotatable bonds is 4. The summed E-state index contributed by atoms with van der Waals surface area (Å²) in [6.45, 7) is 0.638. The van der Waals surface area contributed by atoms with Crippen LogP contribution in [-0.4, -0.2) is 6.61 Å². The molecule has 0 saturated heterocycles. The lowest BCUT2D eigenvalue weighted by molar-refractivity contribution is 0.366. The Morgan fingerprint density at radius 3 is 2.62 bits per heavy atom. The fourth-order valence-corrected chi connectivity index (χ4v) is 4.11. The lowest BCUT2D eigenvalue weighted by Crippen LogP contribution is -2.05. The van der Waals surface area contributed by atoms with Crippen LogP contribution in [0.1, 0.15) is 20.2 Å². The van der Waals surface area contributed by atoms with E-state index in [1.54, 1.807) is 22.7 Å². The third-order valence-electron chi connectivity index (χ3n) is 3.75. The maximum Gasteiger partial charge on any atom is 0.127 e. The highest BCUT2D eigenvalue weighted by Crippen LogP contribution is 2.33. The first-order chi connectivity index (χ1) is 11.9. The van der Waals surface area contributed by atoms with Gasteiger partial charge in [0.25, 0.3) is 0 Å². The summed E-state index contributed by atoms with van der Waals surface area (Å²) in [5.74, 6) is 0.969. The van der Waals surface area contributed by atoms with Gasteiger partial charge in [0, 0.05) is 25.8 Å². The van der Waals surface area contributed by atoms with Crippen LogP contribution in [-0.2, 0) is 0 Å². The number of hydrogen-bond donors (Lipinski definition) is 0. The molecular formula is C21H16OS2. The normalized spacial score (nSPS) is 13.9. The number of allylic oxidation sites excluding steroid dienone is 2. The van der Waals surface area contributed by atoms with Gasteiger partial charge in [0.05, 0.1) is 0 Å². The monoisotopic (exact) mass is 348 g/mol. The van der Waals surface area contributed by atoms with Gasteiger partial charge in [-0.2, -0.15) is 0 Å². The number of thiophene rings is 2. The fourth-order valence-electron chi connectivity index (χ4n) is 2.56. The van der Waals surface area contributed by atoms with Gasteiger partial charge in [-0.25, -0.2) is 0 Å². The highest BCUT2D eigenvalue weighted by atomic mass is 32.1. The van der Waals surface area contributed by atoms with E-state index in [0.717, 1.165) is 11.3 Å². The van der Waals surface area contributed by atoms with Crippen molar-refractivity contribution in [2.75, 3.05) is 6.61 Å². The number of para-hydroxylation sites is 1. The predicted octanol–water partition coefficient (Wildman–Crippen LogP) is 6.47. The first-order valence-corrected chi connectivity index (χ1v) is 9.49. The predicted molar refractivity (Wildman–Crippen MR) is 107 cm³/mol. The van der Waals surface area contributed by atoms with Crippen LogP contribution in [0, 0.1) is 0 Å². The van der Waals surface area contributed by atoms with E-state index in [-0.39, 0.29) is 0 Å². The minimum Gasteiger partial charge on any atom is -0.488 e. The zero-order valence-corrected chi connectivity index (χ0v) is 14.6. The minimum absolute atomic E-state index is 0.638. The Bertz CT molecular complexity index is 911. The molecule has 0 spiro atoms. The van der Waals surface area contributed by atoms with Gasteiger partial charge in [0.2, 0.25) is 0 Å². The molecule has 3 heteroatoms. The van der Waals surface area contributed by atoms with Crippen molar-refractivity contribution < 1.29 is 4.74 Å². The Morgan fingerprint density at radius 1 is 0.875 bits per heavy atom. The molecule has 2 aromatic heterocycles. The molecule has 0 fully saturated rings. The second-order valence-corrected chi connectivity index (χ2v) is 7.53. The summed E-state index contributed by atoms with van der Waals surface area (Å²) in [4.78, 5) is 3.79. The molecule has 0 saturated carbocycles. The van der Waals surface area contributed by atoms with Crippen LogP contribution in [0.5, 0.6) is 5.75 Å². The topological polar surface area (TPSA) is 9.23 Å². The van der Waals surface area contributed by atoms with Gasteiger partial charge in [0.1, 0.15) is 12.4 Å². The average Bonchev–Trinajstić information content (AvgIpc) is 3.30. The zero-order valence-electron chi connectivity index (χ0n) is 13.0. The quantitative estimate of drug-likeness (QED) is 0.491. The molecule has 118 valence electrons. The van der Waals surface area contributed by atoms with Crippen molar-refractivity contribution in [1.29, 1.82) is 0 Å². The Kier molecular flexibility index (Phi) is 4.45.